The topological polar surface area (TPSA) is 76.5 Å². The van der Waals surface area contributed by atoms with Crippen LogP contribution in [0.25, 0.3) is 16.8 Å². The first-order valence-electron chi connectivity index (χ1n) is 7.26. The highest BCUT2D eigenvalue weighted by atomic mass is 16.5. The Hall–Kier alpha value is -2.89. The maximum absolute atomic E-state index is 12.7. The Balaban J connectivity index is 2.26. The summed E-state index contributed by atoms with van der Waals surface area (Å²) in [5.74, 6) is -0.460. The monoisotopic (exact) mass is 311 g/mol. The molecule has 118 valence electrons. The van der Waals surface area contributed by atoms with Gasteiger partial charge < -0.3 is 4.74 Å². The molecule has 0 amide bonds. The molecule has 0 saturated carbocycles. The Morgan fingerprint density at radius 1 is 1.26 bits per heavy atom. The van der Waals surface area contributed by atoms with Crippen LogP contribution in [0.4, 0.5) is 0 Å². The molecule has 2 heterocycles. The van der Waals surface area contributed by atoms with Crippen molar-refractivity contribution in [1.82, 2.24) is 14.6 Å². The van der Waals surface area contributed by atoms with E-state index in [2.05, 4.69) is 14.8 Å². The fourth-order valence-corrected chi connectivity index (χ4v) is 2.70. The van der Waals surface area contributed by atoms with Gasteiger partial charge in [0.15, 0.2) is 5.65 Å². The van der Waals surface area contributed by atoms with Crippen LogP contribution in [0.5, 0.6) is 0 Å². The van der Waals surface area contributed by atoms with Gasteiger partial charge in [-0.25, -0.2) is 9.50 Å². The van der Waals surface area contributed by atoms with E-state index in [4.69, 9.17) is 0 Å². The maximum Gasteiger partial charge on any atom is 0.310 e. The molecular weight excluding hydrogens is 294 g/mol. The molecular formula is C17H17N3O3. The second kappa shape index (κ2) is 5.72. The molecule has 3 aromatic rings. The first kappa shape index (κ1) is 15.0. The van der Waals surface area contributed by atoms with Gasteiger partial charge in [-0.3, -0.25) is 14.7 Å². The van der Waals surface area contributed by atoms with Crippen molar-refractivity contribution in [1.29, 1.82) is 0 Å². The number of H-pyrrole nitrogens is 1. The molecule has 0 saturated heterocycles. The number of ether oxygens (including phenoxy) is 1. The molecule has 0 unspecified atom stereocenters. The largest absolute Gasteiger partial charge is 0.469 e. The SMILES string of the molecule is COC(=O)Cc1c(C)nc2c(-c3ccccc3)c(C)[nH]n2c1=O. The van der Waals surface area contributed by atoms with Crippen molar-refractivity contribution in [3.05, 3.63) is 57.6 Å². The van der Waals surface area contributed by atoms with Gasteiger partial charge in [0, 0.05) is 17.0 Å². The third kappa shape index (κ3) is 2.52. The molecule has 0 radical (unpaired) electrons. The number of hydrogen-bond donors (Lipinski definition) is 1. The fraction of sp³-hybridized carbons (Fsp3) is 0.235. The second-order valence-corrected chi connectivity index (χ2v) is 5.37. The number of aryl methyl sites for hydroxylation is 2. The lowest BCUT2D eigenvalue weighted by Crippen LogP contribution is -2.24. The van der Waals surface area contributed by atoms with Crippen molar-refractivity contribution in [2.75, 3.05) is 7.11 Å². The normalized spacial score (nSPS) is 10.9. The summed E-state index contributed by atoms with van der Waals surface area (Å²) >= 11 is 0. The minimum absolute atomic E-state index is 0.0875. The third-order valence-corrected chi connectivity index (χ3v) is 3.87. The first-order valence-corrected chi connectivity index (χ1v) is 7.26. The Morgan fingerprint density at radius 3 is 2.61 bits per heavy atom. The third-order valence-electron chi connectivity index (χ3n) is 3.87. The van der Waals surface area contributed by atoms with Crippen molar-refractivity contribution >= 4 is 11.6 Å². The standard InChI is InChI=1S/C17H17N3O3/c1-10-13(9-14(21)23-3)17(22)20-16(18-10)15(11(2)19-20)12-7-5-4-6-8-12/h4-8,19H,9H2,1-3H3. The summed E-state index contributed by atoms with van der Waals surface area (Å²) in [6, 6.07) is 9.76. The van der Waals surface area contributed by atoms with Gasteiger partial charge in [0.25, 0.3) is 5.56 Å². The van der Waals surface area contributed by atoms with Gasteiger partial charge in [-0.1, -0.05) is 30.3 Å². The lowest BCUT2D eigenvalue weighted by atomic mass is 10.1. The molecule has 1 N–H and O–H groups in total. The number of aromatic amines is 1. The van der Waals surface area contributed by atoms with E-state index in [1.54, 1.807) is 6.92 Å². The molecule has 0 spiro atoms. The van der Waals surface area contributed by atoms with Crippen LogP contribution in [-0.2, 0) is 16.0 Å². The number of hydrogen-bond acceptors (Lipinski definition) is 4. The number of nitrogens with one attached hydrogen (secondary N) is 1. The van der Waals surface area contributed by atoms with Crippen molar-refractivity contribution in [2.24, 2.45) is 0 Å². The highest BCUT2D eigenvalue weighted by Crippen LogP contribution is 2.26. The quantitative estimate of drug-likeness (QED) is 0.751. The van der Waals surface area contributed by atoms with Gasteiger partial charge in [0.1, 0.15) is 0 Å². The Bertz CT molecular complexity index is 939. The summed E-state index contributed by atoms with van der Waals surface area (Å²) in [6.07, 6.45) is -0.0875. The Labute approximate surface area is 132 Å². The summed E-state index contributed by atoms with van der Waals surface area (Å²) in [4.78, 5) is 28.7. The van der Waals surface area contributed by atoms with E-state index in [0.29, 0.717) is 16.9 Å². The average Bonchev–Trinajstić information content (AvgIpc) is 2.88. The van der Waals surface area contributed by atoms with Gasteiger partial charge in [0.2, 0.25) is 0 Å². The van der Waals surface area contributed by atoms with Gasteiger partial charge in [0.05, 0.1) is 19.1 Å². The van der Waals surface area contributed by atoms with Crippen LogP contribution in [0.1, 0.15) is 17.0 Å². The average molecular weight is 311 g/mol. The zero-order valence-electron chi connectivity index (χ0n) is 13.2. The minimum atomic E-state index is -0.460. The van der Waals surface area contributed by atoms with Gasteiger partial charge >= 0.3 is 5.97 Å². The van der Waals surface area contributed by atoms with Crippen molar-refractivity contribution in [3.8, 4) is 11.1 Å². The number of benzene rings is 1. The predicted molar refractivity (Wildman–Crippen MR) is 86.4 cm³/mol. The predicted octanol–water partition coefficient (Wildman–Crippen LogP) is 2.02. The van der Waals surface area contributed by atoms with E-state index in [0.717, 1.165) is 16.8 Å². The number of fused-ring (bicyclic) bond motifs is 1. The maximum atomic E-state index is 12.7. The van der Waals surface area contributed by atoms with Gasteiger partial charge in [-0.15, -0.1) is 0 Å². The first-order chi connectivity index (χ1) is 11.0. The van der Waals surface area contributed by atoms with Gasteiger partial charge in [-0.05, 0) is 19.4 Å². The molecule has 3 rings (SSSR count). The lowest BCUT2D eigenvalue weighted by molar-refractivity contribution is -0.139. The fourth-order valence-electron chi connectivity index (χ4n) is 2.70. The van der Waals surface area contributed by atoms with Crippen LogP contribution in [0.3, 0.4) is 0 Å². The lowest BCUT2D eigenvalue weighted by Gasteiger charge is -2.05. The molecule has 0 aliphatic carbocycles. The Kier molecular flexibility index (Phi) is 3.73. The number of carbonyl (C=O) groups is 1. The molecule has 2 aromatic heterocycles. The molecule has 0 aliphatic heterocycles. The minimum Gasteiger partial charge on any atom is -0.469 e. The zero-order valence-corrected chi connectivity index (χ0v) is 13.2. The molecule has 0 aliphatic rings. The van der Waals surface area contributed by atoms with E-state index >= 15 is 0 Å². The summed E-state index contributed by atoms with van der Waals surface area (Å²) in [7, 11) is 1.30. The van der Waals surface area contributed by atoms with Crippen LogP contribution in [0.15, 0.2) is 35.1 Å². The number of methoxy groups -OCH3 is 1. The molecule has 23 heavy (non-hydrogen) atoms. The molecule has 1 aromatic carbocycles. The Morgan fingerprint density at radius 2 is 1.96 bits per heavy atom. The second-order valence-electron chi connectivity index (χ2n) is 5.37. The van der Waals surface area contributed by atoms with E-state index < -0.39 is 5.97 Å². The van der Waals surface area contributed by atoms with Crippen LogP contribution >= 0.6 is 0 Å². The summed E-state index contributed by atoms with van der Waals surface area (Å²) in [5, 5.41) is 3.04. The molecule has 6 nitrogen and oxygen atoms in total. The summed E-state index contributed by atoms with van der Waals surface area (Å²) < 4.78 is 6.04. The van der Waals surface area contributed by atoms with Crippen molar-refractivity contribution in [3.63, 3.8) is 0 Å². The number of aromatic nitrogens is 3. The number of nitrogens with zero attached hydrogens (tertiary/aromatic N) is 2. The smallest absolute Gasteiger partial charge is 0.310 e. The van der Waals surface area contributed by atoms with E-state index in [9.17, 15) is 9.59 Å². The zero-order chi connectivity index (χ0) is 16.6. The molecule has 0 atom stereocenters. The van der Waals surface area contributed by atoms with E-state index in [1.807, 2.05) is 37.3 Å². The van der Waals surface area contributed by atoms with Gasteiger partial charge in [-0.2, -0.15) is 0 Å². The summed E-state index contributed by atoms with van der Waals surface area (Å²) in [6.45, 7) is 3.63. The number of carbonyl (C=O) groups excluding carboxylic acids is 1. The van der Waals surface area contributed by atoms with Crippen molar-refractivity contribution in [2.45, 2.75) is 20.3 Å². The van der Waals surface area contributed by atoms with Crippen LogP contribution in [0.2, 0.25) is 0 Å². The number of esters is 1. The molecule has 0 fully saturated rings. The summed E-state index contributed by atoms with van der Waals surface area (Å²) in [5.41, 5.74) is 3.88. The van der Waals surface area contributed by atoms with Crippen LogP contribution in [0, 0.1) is 13.8 Å². The van der Waals surface area contributed by atoms with Crippen molar-refractivity contribution < 1.29 is 9.53 Å². The highest BCUT2D eigenvalue weighted by Gasteiger charge is 2.19. The number of rotatable bonds is 3. The highest BCUT2D eigenvalue weighted by molar-refractivity contribution is 5.80. The molecule has 6 heteroatoms. The van der Waals surface area contributed by atoms with E-state index in [1.165, 1.54) is 11.6 Å². The van der Waals surface area contributed by atoms with Crippen LogP contribution in [-0.4, -0.2) is 27.7 Å². The molecule has 0 bridgehead atoms. The van der Waals surface area contributed by atoms with Crippen LogP contribution < -0.4 is 5.56 Å². The van der Waals surface area contributed by atoms with E-state index in [-0.39, 0.29) is 12.0 Å².